The van der Waals surface area contributed by atoms with E-state index in [0.717, 1.165) is 6.07 Å². The van der Waals surface area contributed by atoms with Crippen molar-refractivity contribution in [2.75, 3.05) is 5.73 Å². The van der Waals surface area contributed by atoms with Crippen molar-refractivity contribution in [3.8, 4) is 0 Å². The molecule has 0 spiro atoms. The van der Waals surface area contributed by atoms with Gasteiger partial charge in [0.15, 0.2) is 11.6 Å². The van der Waals surface area contributed by atoms with E-state index in [1.165, 1.54) is 30.3 Å². The van der Waals surface area contributed by atoms with Crippen LogP contribution in [-0.4, -0.2) is 5.97 Å². The summed E-state index contributed by atoms with van der Waals surface area (Å²) in [4.78, 5) is 11.8. The molecule has 0 unspecified atom stereocenters. The van der Waals surface area contributed by atoms with E-state index in [-0.39, 0.29) is 21.8 Å². The third-order valence-corrected chi connectivity index (χ3v) is 2.99. The van der Waals surface area contributed by atoms with E-state index < -0.39 is 24.2 Å². The molecule has 2 aromatic rings. The Labute approximate surface area is 118 Å². The number of hydrogen-bond acceptors (Lipinski definition) is 3. The molecule has 2 N–H and O–H groups in total. The highest BCUT2D eigenvalue weighted by molar-refractivity contribution is 6.33. The molecule has 0 bridgehead atoms. The van der Waals surface area contributed by atoms with Gasteiger partial charge in [-0.05, 0) is 18.2 Å². The average Bonchev–Trinajstić information content (AvgIpc) is 2.43. The predicted molar refractivity (Wildman–Crippen MR) is 71.3 cm³/mol. The van der Waals surface area contributed by atoms with Crippen molar-refractivity contribution >= 4 is 23.3 Å². The number of carbonyl (C=O) groups is 1. The summed E-state index contributed by atoms with van der Waals surface area (Å²) in [5.74, 6) is -2.80. The Hall–Kier alpha value is -2.14. The van der Waals surface area contributed by atoms with Gasteiger partial charge in [0, 0.05) is 5.56 Å². The van der Waals surface area contributed by atoms with E-state index in [0.29, 0.717) is 0 Å². The average molecular weight is 298 g/mol. The van der Waals surface area contributed by atoms with Gasteiger partial charge in [-0.25, -0.2) is 13.6 Å². The van der Waals surface area contributed by atoms with E-state index >= 15 is 0 Å². The van der Waals surface area contributed by atoms with Crippen molar-refractivity contribution in [2.45, 2.75) is 6.61 Å². The lowest BCUT2D eigenvalue weighted by Gasteiger charge is -2.08. The van der Waals surface area contributed by atoms with Crippen LogP contribution in [0.5, 0.6) is 0 Å². The standard InChI is InChI=1S/C14H10ClF2NO2/c15-10-5-2-4-9(13(10)18)14(19)20-7-8-3-1-6-11(16)12(8)17/h1-6H,7,18H2. The van der Waals surface area contributed by atoms with Gasteiger partial charge in [0.05, 0.1) is 16.3 Å². The molecular weight excluding hydrogens is 288 g/mol. The second-order valence-corrected chi connectivity index (χ2v) is 4.40. The topological polar surface area (TPSA) is 52.3 Å². The van der Waals surface area contributed by atoms with Crippen molar-refractivity contribution in [3.63, 3.8) is 0 Å². The Morgan fingerprint density at radius 1 is 1.20 bits per heavy atom. The van der Waals surface area contributed by atoms with Gasteiger partial charge in [0.2, 0.25) is 0 Å². The largest absolute Gasteiger partial charge is 0.457 e. The predicted octanol–water partition coefficient (Wildman–Crippen LogP) is 3.56. The van der Waals surface area contributed by atoms with E-state index in [1.807, 2.05) is 0 Å². The summed E-state index contributed by atoms with van der Waals surface area (Å²) in [5.41, 5.74) is 5.74. The highest BCUT2D eigenvalue weighted by Crippen LogP contribution is 2.23. The number of nitrogens with two attached hydrogens (primary N) is 1. The van der Waals surface area contributed by atoms with E-state index in [9.17, 15) is 13.6 Å². The fraction of sp³-hybridized carbons (Fsp3) is 0.0714. The van der Waals surface area contributed by atoms with Crippen LogP contribution in [0.4, 0.5) is 14.5 Å². The molecule has 0 aliphatic rings. The summed E-state index contributed by atoms with van der Waals surface area (Å²) in [7, 11) is 0. The molecule has 0 saturated carbocycles. The van der Waals surface area contributed by atoms with Gasteiger partial charge >= 0.3 is 5.97 Å². The van der Waals surface area contributed by atoms with Gasteiger partial charge in [-0.15, -0.1) is 0 Å². The number of carbonyl (C=O) groups excluding carboxylic acids is 1. The quantitative estimate of drug-likeness (QED) is 0.696. The molecule has 104 valence electrons. The third-order valence-electron chi connectivity index (χ3n) is 2.66. The monoisotopic (exact) mass is 297 g/mol. The van der Waals surface area contributed by atoms with Crippen LogP contribution in [0.15, 0.2) is 36.4 Å². The SMILES string of the molecule is Nc1c(Cl)cccc1C(=O)OCc1cccc(F)c1F. The second kappa shape index (κ2) is 5.88. The number of rotatable bonds is 3. The fourth-order valence-corrected chi connectivity index (χ4v) is 1.77. The summed E-state index contributed by atoms with van der Waals surface area (Å²) in [5, 5.41) is 0.219. The van der Waals surface area contributed by atoms with Gasteiger partial charge in [-0.3, -0.25) is 0 Å². The van der Waals surface area contributed by atoms with E-state index in [1.54, 1.807) is 0 Å². The number of hydrogen-bond donors (Lipinski definition) is 1. The Kier molecular flexibility index (Phi) is 4.20. The van der Waals surface area contributed by atoms with Crippen LogP contribution in [0, 0.1) is 11.6 Å². The van der Waals surface area contributed by atoms with E-state index in [2.05, 4.69) is 0 Å². The molecule has 0 aliphatic heterocycles. The lowest BCUT2D eigenvalue weighted by Crippen LogP contribution is -2.09. The highest BCUT2D eigenvalue weighted by atomic mass is 35.5. The summed E-state index contributed by atoms with van der Waals surface area (Å²) in [6, 6.07) is 8.14. The van der Waals surface area contributed by atoms with Crippen LogP contribution in [0.2, 0.25) is 5.02 Å². The summed E-state index contributed by atoms with van der Waals surface area (Å²) in [6.07, 6.45) is 0. The Balaban J connectivity index is 2.13. The lowest BCUT2D eigenvalue weighted by atomic mass is 10.2. The first-order valence-electron chi connectivity index (χ1n) is 5.64. The first kappa shape index (κ1) is 14.3. The van der Waals surface area contributed by atoms with Gasteiger partial charge < -0.3 is 10.5 Å². The number of ether oxygens (including phenoxy) is 1. The van der Waals surface area contributed by atoms with Crippen LogP contribution < -0.4 is 5.73 Å². The normalized spacial score (nSPS) is 10.3. The molecule has 6 heteroatoms. The molecule has 0 atom stereocenters. The number of anilines is 1. The zero-order valence-corrected chi connectivity index (χ0v) is 11.0. The molecule has 0 aliphatic carbocycles. The summed E-state index contributed by atoms with van der Waals surface area (Å²) < 4.78 is 31.3. The van der Waals surface area contributed by atoms with Crippen molar-refractivity contribution in [2.24, 2.45) is 0 Å². The number of esters is 1. The number of halogens is 3. The minimum absolute atomic E-state index is 0.0565. The number of nitrogen functional groups attached to an aromatic ring is 1. The second-order valence-electron chi connectivity index (χ2n) is 3.99. The van der Waals surface area contributed by atoms with Crippen molar-refractivity contribution in [1.29, 1.82) is 0 Å². The fourth-order valence-electron chi connectivity index (χ4n) is 1.60. The van der Waals surface area contributed by atoms with Crippen LogP contribution in [0.3, 0.4) is 0 Å². The molecule has 0 saturated heterocycles. The molecular formula is C14H10ClF2NO2. The van der Waals surface area contributed by atoms with Gasteiger partial charge in [0.25, 0.3) is 0 Å². The van der Waals surface area contributed by atoms with Crippen LogP contribution in [0.1, 0.15) is 15.9 Å². The highest BCUT2D eigenvalue weighted by Gasteiger charge is 2.15. The van der Waals surface area contributed by atoms with Crippen molar-refractivity contribution in [1.82, 2.24) is 0 Å². The van der Waals surface area contributed by atoms with Gasteiger partial charge in [-0.1, -0.05) is 29.8 Å². The maximum Gasteiger partial charge on any atom is 0.340 e. The molecule has 2 rings (SSSR count). The maximum atomic E-state index is 13.4. The molecule has 0 fully saturated rings. The molecule has 0 aromatic heterocycles. The molecule has 3 nitrogen and oxygen atoms in total. The molecule has 0 heterocycles. The summed E-state index contributed by atoms with van der Waals surface area (Å²) >= 11 is 5.78. The number of benzene rings is 2. The Bertz CT molecular complexity index is 662. The minimum Gasteiger partial charge on any atom is -0.457 e. The molecule has 0 amide bonds. The van der Waals surface area contributed by atoms with E-state index in [4.69, 9.17) is 22.1 Å². The minimum atomic E-state index is -1.04. The van der Waals surface area contributed by atoms with Gasteiger partial charge in [0.1, 0.15) is 6.61 Å². The summed E-state index contributed by atoms with van der Waals surface area (Å²) in [6.45, 7) is -0.394. The Morgan fingerprint density at radius 3 is 2.65 bits per heavy atom. The number of para-hydroxylation sites is 1. The smallest absolute Gasteiger partial charge is 0.340 e. The molecule has 2 aromatic carbocycles. The Morgan fingerprint density at radius 2 is 1.90 bits per heavy atom. The first-order chi connectivity index (χ1) is 9.50. The van der Waals surface area contributed by atoms with Crippen LogP contribution in [0.25, 0.3) is 0 Å². The third kappa shape index (κ3) is 2.88. The molecule has 20 heavy (non-hydrogen) atoms. The zero-order valence-electron chi connectivity index (χ0n) is 10.2. The van der Waals surface area contributed by atoms with Crippen LogP contribution in [-0.2, 0) is 11.3 Å². The van der Waals surface area contributed by atoms with Gasteiger partial charge in [-0.2, -0.15) is 0 Å². The maximum absolute atomic E-state index is 13.4. The zero-order chi connectivity index (χ0) is 14.7. The molecule has 0 radical (unpaired) electrons. The van der Waals surface area contributed by atoms with Crippen molar-refractivity contribution < 1.29 is 18.3 Å². The lowest BCUT2D eigenvalue weighted by molar-refractivity contribution is 0.0469. The van der Waals surface area contributed by atoms with Crippen LogP contribution >= 0.6 is 11.6 Å². The first-order valence-corrected chi connectivity index (χ1v) is 6.02. The van der Waals surface area contributed by atoms with Crippen molar-refractivity contribution in [3.05, 3.63) is 64.2 Å².